The summed E-state index contributed by atoms with van der Waals surface area (Å²) < 4.78 is 5.48. The number of rotatable bonds is 7. The molecule has 1 N–H and O–H groups in total. The van der Waals surface area contributed by atoms with E-state index >= 15 is 0 Å². The summed E-state index contributed by atoms with van der Waals surface area (Å²) in [7, 11) is 0. The second-order valence-corrected chi connectivity index (χ2v) is 10.5. The first-order chi connectivity index (χ1) is 17.5. The van der Waals surface area contributed by atoms with Crippen LogP contribution in [0.4, 0.5) is 5.69 Å². The van der Waals surface area contributed by atoms with Crippen molar-refractivity contribution in [3.05, 3.63) is 65.5 Å². The molecule has 5 rings (SSSR count). The van der Waals surface area contributed by atoms with E-state index in [1.54, 1.807) is 0 Å². The molecule has 2 saturated heterocycles. The van der Waals surface area contributed by atoms with Crippen molar-refractivity contribution in [3.63, 3.8) is 0 Å². The van der Waals surface area contributed by atoms with Crippen molar-refractivity contribution in [1.82, 2.24) is 20.4 Å². The van der Waals surface area contributed by atoms with Crippen LogP contribution >= 0.6 is 0 Å². The highest BCUT2D eigenvalue weighted by Gasteiger charge is 2.26. The minimum absolute atomic E-state index is 0.0566. The molecule has 0 aliphatic carbocycles. The number of benzene rings is 2. The van der Waals surface area contributed by atoms with Gasteiger partial charge >= 0.3 is 0 Å². The van der Waals surface area contributed by atoms with Crippen molar-refractivity contribution in [2.45, 2.75) is 52.6 Å². The maximum atomic E-state index is 12.8. The normalized spacial score (nSPS) is 19.4. The molecule has 2 fully saturated rings. The van der Waals surface area contributed by atoms with E-state index in [-0.39, 0.29) is 11.8 Å². The fourth-order valence-electron chi connectivity index (χ4n) is 5.27. The average Bonchev–Trinajstić information content (AvgIpc) is 3.37. The van der Waals surface area contributed by atoms with Gasteiger partial charge in [0.1, 0.15) is 0 Å². The predicted octanol–water partition coefficient (Wildman–Crippen LogP) is 4.81. The minimum atomic E-state index is 0.0566. The van der Waals surface area contributed by atoms with Gasteiger partial charge in [0.05, 0.1) is 6.54 Å². The highest BCUT2D eigenvalue weighted by atomic mass is 16.5. The second-order valence-electron chi connectivity index (χ2n) is 10.5. The molecule has 0 spiro atoms. The fraction of sp³-hybridized carbons (Fsp3) is 0.483. The van der Waals surface area contributed by atoms with Crippen molar-refractivity contribution in [2.24, 2.45) is 11.8 Å². The first-order valence-corrected chi connectivity index (χ1v) is 13.3. The molecule has 7 heteroatoms. The molecule has 0 bridgehead atoms. The number of likely N-dealkylation sites (tertiary alicyclic amines) is 1. The van der Waals surface area contributed by atoms with Crippen molar-refractivity contribution in [1.29, 1.82) is 0 Å². The molecule has 0 radical (unpaired) electrons. The van der Waals surface area contributed by atoms with Gasteiger partial charge in [-0.25, -0.2) is 0 Å². The van der Waals surface area contributed by atoms with Gasteiger partial charge in [0.2, 0.25) is 17.6 Å². The molecule has 36 heavy (non-hydrogen) atoms. The monoisotopic (exact) mass is 487 g/mol. The standard InChI is InChI=1S/C29H37N5O2/c1-21-5-9-24(10-6-21)28-31-27(36-32-28)20-33-16-13-25(14-17-33)29(35)30-18-23-7-11-26(12-8-23)34-15-3-4-22(2)19-34/h5-12,22,25H,3-4,13-20H2,1-2H3,(H,30,35). The average molecular weight is 488 g/mol. The zero-order chi connectivity index (χ0) is 24.9. The summed E-state index contributed by atoms with van der Waals surface area (Å²) in [6.45, 7) is 9.56. The molecule has 7 nitrogen and oxygen atoms in total. The van der Waals surface area contributed by atoms with Gasteiger partial charge in [-0.05, 0) is 69.3 Å². The van der Waals surface area contributed by atoms with E-state index in [0.29, 0.717) is 24.8 Å². The number of aromatic nitrogens is 2. The minimum Gasteiger partial charge on any atom is -0.371 e. The van der Waals surface area contributed by atoms with Crippen LogP contribution in [-0.2, 0) is 17.9 Å². The number of hydrogen-bond donors (Lipinski definition) is 1. The molecule has 1 aromatic heterocycles. The predicted molar refractivity (Wildman–Crippen MR) is 141 cm³/mol. The van der Waals surface area contributed by atoms with E-state index < -0.39 is 0 Å². The molecular weight excluding hydrogens is 450 g/mol. The number of carbonyl (C=O) groups excluding carboxylic acids is 1. The van der Waals surface area contributed by atoms with E-state index in [0.717, 1.165) is 56.1 Å². The van der Waals surface area contributed by atoms with E-state index in [4.69, 9.17) is 4.52 Å². The Balaban J connectivity index is 1.05. The summed E-state index contributed by atoms with van der Waals surface area (Å²) in [5.41, 5.74) is 4.60. The van der Waals surface area contributed by atoms with Gasteiger partial charge in [-0.2, -0.15) is 4.98 Å². The molecule has 3 aromatic rings. The van der Waals surface area contributed by atoms with E-state index in [1.165, 1.54) is 24.1 Å². The second kappa shape index (κ2) is 11.2. The summed E-state index contributed by atoms with van der Waals surface area (Å²) in [5, 5.41) is 7.29. The van der Waals surface area contributed by atoms with Gasteiger partial charge < -0.3 is 14.7 Å². The van der Waals surface area contributed by atoms with Crippen molar-refractivity contribution >= 4 is 11.6 Å². The smallest absolute Gasteiger partial charge is 0.241 e. The van der Waals surface area contributed by atoms with Crippen molar-refractivity contribution in [2.75, 3.05) is 31.1 Å². The van der Waals surface area contributed by atoms with E-state index in [1.807, 2.05) is 24.3 Å². The molecular formula is C29H37N5O2. The summed E-state index contributed by atoms with van der Waals surface area (Å²) >= 11 is 0. The molecule has 2 aliphatic heterocycles. The van der Waals surface area contributed by atoms with Gasteiger partial charge in [0.25, 0.3) is 0 Å². The highest BCUT2D eigenvalue weighted by Crippen LogP contribution is 2.24. The first kappa shape index (κ1) is 24.5. The van der Waals surface area contributed by atoms with Crippen molar-refractivity contribution in [3.8, 4) is 11.4 Å². The lowest BCUT2D eigenvalue weighted by Crippen LogP contribution is -2.40. The molecule has 2 aliphatic rings. The van der Waals surface area contributed by atoms with E-state index in [9.17, 15) is 4.79 Å². The number of hydrogen-bond acceptors (Lipinski definition) is 6. The molecule has 1 atom stereocenters. The third-order valence-corrected chi connectivity index (χ3v) is 7.52. The number of nitrogens with zero attached hydrogens (tertiary/aromatic N) is 4. The Morgan fingerprint density at radius 2 is 1.78 bits per heavy atom. The Bertz CT molecular complexity index is 1130. The zero-order valence-electron chi connectivity index (χ0n) is 21.4. The van der Waals surface area contributed by atoms with Gasteiger partial charge in [0, 0.05) is 36.8 Å². The largest absolute Gasteiger partial charge is 0.371 e. The lowest BCUT2D eigenvalue weighted by molar-refractivity contribution is -0.126. The van der Waals surface area contributed by atoms with Crippen LogP contribution in [0.2, 0.25) is 0 Å². The molecule has 3 heterocycles. The molecule has 2 aromatic carbocycles. The summed E-state index contributed by atoms with van der Waals surface area (Å²) in [5.74, 6) is 2.21. The Hall–Kier alpha value is -3.19. The van der Waals surface area contributed by atoms with Crippen LogP contribution in [0.15, 0.2) is 53.1 Å². The van der Waals surface area contributed by atoms with Gasteiger partial charge in [-0.15, -0.1) is 0 Å². The SMILES string of the molecule is Cc1ccc(-c2noc(CN3CCC(C(=O)NCc4ccc(N5CCCC(C)C5)cc4)CC3)n2)cc1. The number of carbonyl (C=O) groups is 1. The van der Waals surface area contributed by atoms with Crippen LogP contribution in [0.3, 0.4) is 0 Å². The summed E-state index contributed by atoms with van der Waals surface area (Å²) in [4.78, 5) is 22.1. The fourth-order valence-corrected chi connectivity index (χ4v) is 5.27. The number of piperidine rings is 2. The van der Waals surface area contributed by atoms with Crippen molar-refractivity contribution < 1.29 is 9.32 Å². The van der Waals surface area contributed by atoms with Gasteiger partial charge in [-0.3, -0.25) is 9.69 Å². The Morgan fingerprint density at radius 3 is 2.50 bits per heavy atom. The number of aryl methyl sites for hydroxylation is 1. The lowest BCUT2D eigenvalue weighted by Gasteiger charge is -2.33. The highest BCUT2D eigenvalue weighted by molar-refractivity contribution is 5.78. The van der Waals surface area contributed by atoms with Gasteiger partial charge in [-0.1, -0.05) is 54.0 Å². The lowest BCUT2D eigenvalue weighted by atomic mass is 9.96. The number of amides is 1. The maximum absolute atomic E-state index is 12.8. The van der Waals surface area contributed by atoms with Crippen LogP contribution in [0, 0.1) is 18.8 Å². The first-order valence-electron chi connectivity index (χ1n) is 13.3. The van der Waals surface area contributed by atoms with Gasteiger partial charge in [0.15, 0.2) is 0 Å². The van der Waals surface area contributed by atoms with E-state index in [2.05, 4.69) is 63.4 Å². The van der Waals surface area contributed by atoms with Crippen LogP contribution < -0.4 is 10.2 Å². The Kier molecular flexibility index (Phi) is 7.66. The number of anilines is 1. The van der Waals surface area contributed by atoms with Crippen LogP contribution in [0.25, 0.3) is 11.4 Å². The Morgan fingerprint density at radius 1 is 1.03 bits per heavy atom. The molecule has 0 saturated carbocycles. The number of nitrogens with one attached hydrogen (secondary N) is 1. The Labute approximate surface area is 213 Å². The van der Waals surface area contributed by atoms with Crippen LogP contribution in [0.5, 0.6) is 0 Å². The third-order valence-electron chi connectivity index (χ3n) is 7.52. The topological polar surface area (TPSA) is 74.5 Å². The molecule has 1 amide bonds. The van der Waals surface area contributed by atoms with Crippen LogP contribution in [-0.4, -0.2) is 47.1 Å². The van der Waals surface area contributed by atoms with Crippen LogP contribution in [0.1, 0.15) is 49.6 Å². The summed E-state index contributed by atoms with van der Waals surface area (Å²) in [6, 6.07) is 16.8. The maximum Gasteiger partial charge on any atom is 0.241 e. The molecule has 1 unspecified atom stereocenters. The molecule has 190 valence electrons. The quantitative estimate of drug-likeness (QED) is 0.516. The third kappa shape index (κ3) is 6.13. The zero-order valence-corrected chi connectivity index (χ0v) is 21.4. The summed E-state index contributed by atoms with van der Waals surface area (Å²) in [6.07, 6.45) is 4.28.